The number of rotatable bonds is 6. The van der Waals surface area contributed by atoms with Gasteiger partial charge in [-0.3, -0.25) is 4.79 Å². The normalized spacial score (nSPS) is 10.2. The average Bonchev–Trinajstić information content (AvgIpc) is 2.51. The van der Waals surface area contributed by atoms with Gasteiger partial charge in [0.05, 0.1) is 6.61 Å². The molecule has 0 fully saturated rings. The third-order valence-corrected chi connectivity index (χ3v) is 3.12. The number of aliphatic hydroxyl groups is 1. The molecule has 0 aromatic heterocycles. The molecule has 2 rings (SSSR count). The van der Waals surface area contributed by atoms with Gasteiger partial charge in [-0.05, 0) is 35.7 Å². The Hall–Kier alpha value is -2.33. The van der Waals surface area contributed by atoms with Crippen molar-refractivity contribution in [3.05, 3.63) is 65.2 Å². The topological polar surface area (TPSA) is 58.6 Å². The fourth-order valence-corrected chi connectivity index (χ4v) is 1.98. The molecule has 0 aliphatic carbocycles. The Morgan fingerprint density at radius 3 is 2.62 bits per heavy atom. The molecule has 0 aliphatic heterocycles. The van der Waals surface area contributed by atoms with Crippen molar-refractivity contribution in [1.82, 2.24) is 5.32 Å². The van der Waals surface area contributed by atoms with Crippen LogP contribution in [0.3, 0.4) is 0 Å². The van der Waals surface area contributed by atoms with E-state index in [4.69, 9.17) is 4.74 Å². The van der Waals surface area contributed by atoms with Crippen molar-refractivity contribution in [3.63, 3.8) is 0 Å². The molecular formula is C17H19NO3. The standard InChI is InChI=1S/C17H19NO3/c1-13-5-4-8-16(9-13)21-12-17(20)18-10-14-6-2-3-7-15(14)11-19/h2-9,19H,10-12H2,1H3,(H,18,20). The SMILES string of the molecule is Cc1cccc(OCC(=O)NCc2ccccc2CO)c1. The van der Waals surface area contributed by atoms with Gasteiger partial charge >= 0.3 is 0 Å². The molecule has 4 heteroatoms. The summed E-state index contributed by atoms with van der Waals surface area (Å²) >= 11 is 0. The van der Waals surface area contributed by atoms with Gasteiger partial charge in [0.1, 0.15) is 5.75 Å². The van der Waals surface area contributed by atoms with Crippen LogP contribution in [0.4, 0.5) is 0 Å². The van der Waals surface area contributed by atoms with Gasteiger partial charge in [-0.2, -0.15) is 0 Å². The average molecular weight is 285 g/mol. The number of aliphatic hydroxyl groups excluding tert-OH is 1. The third kappa shape index (κ3) is 4.61. The molecule has 0 bridgehead atoms. The van der Waals surface area contributed by atoms with E-state index in [9.17, 15) is 9.90 Å². The number of carbonyl (C=O) groups is 1. The number of ether oxygens (including phenoxy) is 1. The Morgan fingerprint density at radius 2 is 1.90 bits per heavy atom. The molecule has 0 radical (unpaired) electrons. The molecule has 2 aromatic carbocycles. The second-order valence-electron chi connectivity index (χ2n) is 4.81. The van der Waals surface area contributed by atoms with E-state index in [0.717, 1.165) is 16.7 Å². The summed E-state index contributed by atoms with van der Waals surface area (Å²) < 4.78 is 5.43. The molecule has 1 amide bonds. The first-order valence-corrected chi connectivity index (χ1v) is 6.83. The number of hydrogen-bond acceptors (Lipinski definition) is 3. The number of amides is 1. The molecule has 0 saturated carbocycles. The van der Waals surface area contributed by atoms with E-state index in [2.05, 4.69) is 5.32 Å². The van der Waals surface area contributed by atoms with Gasteiger partial charge in [0.25, 0.3) is 5.91 Å². The van der Waals surface area contributed by atoms with E-state index in [0.29, 0.717) is 12.3 Å². The van der Waals surface area contributed by atoms with Crippen molar-refractivity contribution < 1.29 is 14.6 Å². The highest BCUT2D eigenvalue weighted by Gasteiger charge is 2.05. The fraction of sp³-hybridized carbons (Fsp3) is 0.235. The lowest BCUT2D eigenvalue weighted by Crippen LogP contribution is -2.28. The van der Waals surface area contributed by atoms with Crippen molar-refractivity contribution in [2.24, 2.45) is 0 Å². The third-order valence-electron chi connectivity index (χ3n) is 3.12. The largest absolute Gasteiger partial charge is 0.484 e. The highest BCUT2D eigenvalue weighted by atomic mass is 16.5. The van der Waals surface area contributed by atoms with E-state index in [1.807, 2.05) is 55.5 Å². The molecule has 0 aliphatic rings. The zero-order chi connectivity index (χ0) is 15.1. The summed E-state index contributed by atoms with van der Waals surface area (Å²) in [4.78, 5) is 11.8. The summed E-state index contributed by atoms with van der Waals surface area (Å²) in [7, 11) is 0. The molecule has 4 nitrogen and oxygen atoms in total. The molecule has 110 valence electrons. The monoisotopic (exact) mass is 285 g/mol. The first-order valence-electron chi connectivity index (χ1n) is 6.83. The van der Waals surface area contributed by atoms with Crippen molar-refractivity contribution in [1.29, 1.82) is 0 Å². The van der Waals surface area contributed by atoms with Crippen LogP contribution in [0.5, 0.6) is 5.75 Å². The highest BCUT2D eigenvalue weighted by molar-refractivity contribution is 5.77. The summed E-state index contributed by atoms with van der Waals surface area (Å²) in [6, 6.07) is 15.0. The summed E-state index contributed by atoms with van der Waals surface area (Å²) in [5, 5.41) is 12.0. The second kappa shape index (κ2) is 7.45. The smallest absolute Gasteiger partial charge is 0.258 e. The Bertz CT molecular complexity index is 610. The van der Waals surface area contributed by atoms with Gasteiger partial charge in [-0.1, -0.05) is 36.4 Å². The van der Waals surface area contributed by atoms with Crippen molar-refractivity contribution in [2.75, 3.05) is 6.61 Å². The summed E-state index contributed by atoms with van der Waals surface area (Å²) in [6.07, 6.45) is 0. The lowest BCUT2D eigenvalue weighted by atomic mass is 10.1. The minimum absolute atomic E-state index is 0.0231. The maximum atomic E-state index is 11.8. The number of carbonyl (C=O) groups excluding carboxylic acids is 1. The summed E-state index contributed by atoms with van der Waals surface area (Å²) in [5.74, 6) is 0.491. The molecule has 0 spiro atoms. The van der Waals surface area contributed by atoms with E-state index < -0.39 is 0 Å². The van der Waals surface area contributed by atoms with Crippen molar-refractivity contribution in [3.8, 4) is 5.75 Å². The minimum Gasteiger partial charge on any atom is -0.484 e. The van der Waals surface area contributed by atoms with E-state index in [1.165, 1.54) is 0 Å². The highest BCUT2D eigenvalue weighted by Crippen LogP contribution is 2.12. The first kappa shape index (κ1) is 15.1. The van der Waals surface area contributed by atoms with Crippen LogP contribution >= 0.6 is 0 Å². The number of nitrogens with one attached hydrogen (secondary N) is 1. The van der Waals surface area contributed by atoms with Crippen LogP contribution < -0.4 is 10.1 Å². The lowest BCUT2D eigenvalue weighted by molar-refractivity contribution is -0.123. The Kier molecular flexibility index (Phi) is 5.35. The number of benzene rings is 2. The maximum Gasteiger partial charge on any atom is 0.258 e. The molecule has 0 unspecified atom stereocenters. The molecule has 21 heavy (non-hydrogen) atoms. The second-order valence-corrected chi connectivity index (χ2v) is 4.81. The first-order chi connectivity index (χ1) is 10.2. The fourth-order valence-electron chi connectivity index (χ4n) is 1.98. The molecular weight excluding hydrogens is 266 g/mol. The lowest BCUT2D eigenvalue weighted by Gasteiger charge is -2.10. The molecule has 2 N–H and O–H groups in total. The minimum atomic E-state index is -0.191. The van der Waals surface area contributed by atoms with Gasteiger partial charge < -0.3 is 15.2 Å². The van der Waals surface area contributed by atoms with Gasteiger partial charge in [0.2, 0.25) is 0 Å². The number of hydrogen-bond donors (Lipinski definition) is 2. The van der Waals surface area contributed by atoms with Gasteiger partial charge in [0, 0.05) is 6.54 Å². The van der Waals surface area contributed by atoms with Crippen LogP contribution in [0.25, 0.3) is 0 Å². The zero-order valence-corrected chi connectivity index (χ0v) is 12.0. The summed E-state index contributed by atoms with van der Waals surface area (Å²) in [5.41, 5.74) is 2.81. The van der Waals surface area contributed by atoms with E-state index in [-0.39, 0.29) is 19.1 Å². The van der Waals surface area contributed by atoms with Crippen molar-refractivity contribution in [2.45, 2.75) is 20.1 Å². The molecule has 0 heterocycles. The van der Waals surface area contributed by atoms with Gasteiger partial charge in [-0.25, -0.2) is 0 Å². The Morgan fingerprint density at radius 1 is 1.14 bits per heavy atom. The van der Waals surface area contributed by atoms with Crippen LogP contribution in [0, 0.1) is 6.92 Å². The predicted octanol–water partition coefficient (Wildman–Crippen LogP) is 2.18. The quantitative estimate of drug-likeness (QED) is 0.855. The molecule has 0 atom stereocenters. The van der Waals surface area contributed by atoms with Crippen LogP contribution in [0.2, 0.25) is 0 Å². The van der Waals surface area contributed by atoms with Crippen LogP contribution in [-0.4, -0.2) is 17.6 Å². The van der Waals surface area contributed by atoms with Crippen LogP contribution in [0.15, 0.2) is 48.5 Å². The zero-order valence-electron chi connectivity index (χ0n) is 12.0. The van der Waals surface area contributed by atoms with Crippen LogP contribution in [0.1, 0.15) is 16.7 Å². The number of aryl methyl sites for hydroxylation is 1. The Labute approximate surface area is 124 Å². The molecule has 0 saturated heterocycles. The Balaban J connectivity index is 1.82. The van der Waals surface area contributed by atoms with Crippen molar-refractivity contribution >= 4 is 5.91 Å². The van der Waals surface area contributed by atoms with Gasteiger partial charge in [-0.15, -0.1) is 0 Å². The van der Waals surface area contributed by atoms with E-state index >= 15 is 0 Å². The van der Waals surface area contributed by atoms with Gasteiger partial charge in [0.15, 0.2) is 6.61 Å². The van der Waals surface area contributed by atoms with E-state index in [1.54, 1.807) is 0 Å². The van der Waals surface area contributed by atoms with Crippen LogP contribution in [-0.2, 0) is 17.9 Å². The maximum absolute atomic E-state index is 11.8. The summed E-state index contributed by atoms with van der Waals surface area (Å²) in [6.45, 7) is 2.29. The predicted molar refractivity (Wildman–Crippen MR) is 80.9 cm³/mol. The molecule has 2 aromatic rings.